The molecular weight excluding hydrogens is 368 g/mol. The number of carbonyl (C=O) groups excluding carboxylic acids is 1. The summed E-state index contributed by atoms with van der Waals surface area (Å²) in [5.74, 6) is -0.259. The summed E-state index contributed by atoms with van der Waals surface area (Å²) in [5.41, 5.74) is 4.10. The van der Waals surface area contributed by atoms with Crippen LogP contribution in [0.3, 0.4) is 0 Å². The number of rotatable bonds is 2. The van der Waals surface area contributed by atoms with Crippen molar-refractivity contribution in [1.29, 1.82) is 10.5 Å². The van der Waals surface area contributed by atoms with Crippen molar-refractivity contribution in [3.8, 4) is 18.1 Å². The number of phenols is 1. The lowest BCUT2D eigenvalue weighted by atomic mass is 9.78. The van der Waals surface area contributed by atoms with Gasteiger partial charge in [-0.05, 0) is 34.6 Å². The lowest BCUT2D eigenvalue weighted by molar-refractivity contribution is -0.114. The summed E-state index contributed by atoms with van der Waals surface area (Å²) < 4.78 is 0. The highest BCUT2D eigenvalue weighted by Gasteiger charge is 2.32. The van der Waals surface area contributed by atoms with Gasteiger partial charge in [-0.15, -0.1) is 5.01 Å². The number of guanidine groups is 1. The Morgan fingerprint density at radius 2 is 1.66 bits per heavy atom. The molecule has 29 heavy (non-hydrogen) atoms. The zero-order chi connectivity index (χ0) is 22.1. The zero-order valence-corrected chi connectivity index (χ0v) is 17.8. The van der Waals surface area contributed by atoms with Gasteiger partial charge in [0.2, 0.25) is 12.2 Å². The predicted molar refractivity (Wildman–Crippen MR) is 110 cm³/mol. The topological polar surface area (TPSA) is 116 Å². The van der Waals surface area contributed by atoms with E-state index in [0.717, 1.165) is 21.7 Å². The minimum Gasteiger partial charge on any atom is -0.507 e. The minimum absolute atomic E-state index is 0.0103. The van der Waals surface area contributed by atoms with Crippen molar-refractivity contribution in [2.24, 2.45) is 4.99 Å². The van der Waals surface area contributed by atoms with E-state index in [2.05, 4.69) is 10.4 Å². The highest BCUT2D eigenvalue weighted by Crippen LogP contribution is 2.40. The van der Waals surface area contributed by atoms with Crippen molar-refractivity contribution in [2.45, 2.75) is 52.4 Å². The number of aromatic hydroxyl groups is 1. The second-order valence-corrected chi connectivity index (χ2v) is 8.93. The van der Waals surface area contributed by atoms with Gasteiger partial charge in [0.1, 0.15) is 11.4 Å². The van der Waals surface area contributed by atoms with Gasteiger partial charge in [-0.2, -0.15) is 15.5 Å². The van der Waals surface area contributed by atoms with Crippen LogP contribution in [0.15, 0.2) is 22.8 Å². The Labute approximate surface area is 171 Å². The van der Waals surface area contributed by atoms with Gasteiger partial charge in [-0.25, -0.2) is 5.43 Å². The number of hydrogen-bond acceptors (Lipinski definition) is 7. The molecule has 1 amide bonds. The number of aliphatic imine (C=N–C) groups is 1. The first kappa shape index (κ1) is 21.8. The molecule has 8 heteroatoms. The van der Waals surface area contributed by atoms with Gasteiger partial charge in [0.15, 0.2) is 6.19 Å². The lowest BCUT2D eigenvalue weighted by Crippen LogP contribution is -2.42. The number of nitrogens with zero attached hydrogens (tertiary/aromatic N) is 5. The van der Waals surface area contributed by atoms with Crippen LogP contribution in [0.5, 0.6) is 5.75 Å². The SMILES string of the molecule is CN1C(=Cc2cc(C(C)(C)C)c(O)c(C(C)(C)C)c2)C(=O)N=C1N(C#N)NC#N. The summed E-state index contributed by atoms with van der Waals surface area (Å²) in [5, 5.41) is 29.6. The number of amides is 1. The molecule has 0 aliphatic carbocycles. The van der Waals surface area contributed by atoms with E-state index in [1.165, 1.54) is 4.90 Å². The Morgan fingerprint density at radius 1 is 1.14 bits per heavy atom. The maximum atomic E-state index is 12.5. The first-order valence-electron chi connectivity index (χ1n) is 9.12. The molecule has 1 aromatic carbocycles. The van der Waals surface area contributed by atoms with Crippen LogP contribution in [-0.2, 0) is 15.6 Å². The largest absolute Gasteiger partial charge is 0.507 e. The smallest absolute Gasteiger partial charge is 0.297 e. The van der Waals surface area contributed by atoms with Crippen LogP contribution in [0.4, 0.5) is 0 Å². The molecule has 0 saturated carbocycles. The molecule has 0 fully saturated rings. The molecule has 1 aliphatic heterocycles. The Hall–Kier alpha value is -3.52. The number of phenolic OH excluding ortho intramolecular Hbond substituents is 1. The van der Waals surface area contributed by atoms with Gasteiger partial charge in [-0.3, -0.25) is 4.79 Å². The molecule has 2 N–H and O–H groups in total. The summed E-state index contributed by atoms with van der Waals surface area (Å²) in [6, 6.07) is 3.71. The molecule has 0 spiro atoms. The third kappa shape index (κ3) is 4.33. The molecule has 0 atom stereocenters. The van der Waals surface area contributed by atoms with Crippen molar-refractivity contribution >= 4 is 17.9 Å². The number of carbonyl (C=O) groups is 1. The van der Waals surface area contributed by atoms with E-state index in [4.69, 9.17) is 5.26 Å². The summed E-state index contributed by atoms with van der Waals surface area (Å²) in [4.78, 5) is 17.8. The van der Waals surface area contributed by atoms with Crippen LogP contribution < -0.4 is 5.43 Å². The number of nitrogens with one attached hydrogen (secondary N) is 1. The second-order valence-electron chi connectivity index (χ2n) is 8.93. The highest BCUT2D eigenvalue weighted by atomic mass is 16.3. The van der Waals surface area contributed by atoms with Gasteiger partial charge in [0.25, 0.3) is 5.91 Å². The standard InChI is InChI=1S/C21H26N6O2/c1-20(2,3)14-8-13(9-15(17(14)28)21(4,5)6)10-16-18(29)25-19(26(16)7)27(12-23)24-11-22/h8-10,24,28H,1-7H3. The van der Waals surface area contributed by atoms with E-state index >= 15 is 0 Å². The fourth-order valence-corrected chi connectivity index (χ4v) is 3.04. The van der Waals surface area contributed by atoms with E-state index < -0.39 is 5.91 Å². The highest BCUT2D eigenvalue weighted by molar-refractivity contribution is 6.12. The molecule has 152 valence electrons. The Balaban J connectivity index is 2.59. The summed E-state index contributed by atoms with van der Waals surface area (Å²) in [6.45, 7) is 12.1. The van der Waals surface area contributed by atoms with Crippen LogP contribution in [0.25, 0.3) is 6.08 Å². The minimum atomic E-state index is -0.523. The summed E-state index contributed by atoms with van der Waals surface area (Å²) in [6.07, 6.45) is 5.07. The molecule has 0 aromatic heterocycles. The zero-order valence-electron chi connectivity index (χ0n) is 17.8. The van der Waals surface area contributed by atoms with Crippen LogP contribution in [0, 0.1) is 22.9 Å². The molecule has 1 aromatic rings. The van der Waals surface area contributed by atoms with Gasteiger partial charge >= 0.3 is 0 Å². The van der Waals surface area contributed by atoms with Gasteiger partial charge < -0.3 is 10.0 Å². The average Bonchev–Trinajstić information content (AvgIpc) is 2.87. The van der Waals surface area contributed by atoms with Crippen LogP contribution >= 0.6 is 0 Å². The maximum Gasteiger partial charge on any atom is 0.297 e. The van der Waals surface area contributed by atoms with Crippen molar-refractivity contribution < 1.29 is 9.90 Å². The van der Waals surface area contributed by atoms with Crippen LogP contribution in [0.1, 0.15) is 58.2 Å². The predicted octanol–water partition coefficient (Wildman–Crippen LogP) is 2.92. The molecule has 1 aliphatic rings. The second kappa shape index (κ2) is 7.48. The first-order chi connectivity index (χ1) is 13.3. The van der Waals surface area contributed by atoms with Crippen molar-refractivity contribution in [2.75, 3.05) is 7.05 Å². The number of hydrogen-bond donors (Lipinski definition) is 2. The molecular formula is C21H26N6O2. The van der Waals surface area contributed by atoms with E-state index in [-0.39, 0.29) is 28.2 Å². The van der Waals surface area contributed by atoms with Crippen molar-refractivity contribution in [3.05, 3.63) is 34.5 Å². The van der Waals surface area contributed by atoms with Crippen molar-refractivity contribution in [3.63, 3.8) is 0 Å². The third-order valence-corrected chi connectivity index (χ3v) is 4.60. The number of nitriles is 2. The number of benzene rings is 1. The average molecular weight is 394 g/mol. The molecule has 0 saturated heterocycles. The van der Waals surface area contributed by atoms with Crippen LogP contribution in [0.2, 0.25) is 0 Å². The number of hydrazine groups is 1. The molecule has 8 nitrogen and oxygen atoms in total. The van der Waals surface area contributed by atoms with E-state index in [1.807, 2.05) is 53.7 Å². The Kier molecular flexibility index (Phi) is 5.62. The molecule has 0 radical (unpaired) electrons. The lowest BCUT2D eigenvalue weighted by Gasteiger charge is -2.28. The quantitative estimate of drug-likeness (QED) is 0.343. The van der Waals surface area contributed by atoms with Crippen LogP contribution in [-0.4, -0.2) is 33.9 Å². The van der Waals surface area contributed by atoms with Gasteiger partial charge in [0, 0.05) is 18.2 Å². The van der Waals surface area contributed by atoms with E-state index in [0.29, 0.717) is 0 Å². The fourth-order valence-electron chi connectivity index (χ4n) is 3.04. The Bertz CT molecular complexity index is 945. The Morgan fingerprint density at radius 3 is 2.07 bits per heavy atom. The summed E-state index contributed by atoms with van der Waals surface area (Å²) in [7, 11) is 1.59. The molecule has 2 rings (SSSR count). The normalized spacial score (nSPS) is 15.8. The maximum absolute atomic E-state index is 12.5. The molecule has 0 unspecified atom stereocenters. The monoisotopic (exact) mass is 394 g/mol. The fraction of sp³-hybridized carbons (Fsp3) is 0.429. The van der Waals surface area contributed by atoms with E-state index in [1.54, 1.807) is 25.5 Å². The van der Waals surface area contributed by atoms with Gasteiger partial charge in [-0.1, -0.05) is 41.5 Å². The molecule has 0 bridgehead atoms. The first-order valence-corrected chi connectivity index (χ1v) is 9.12. The van der Waals surface area contributed by atoms with E-state index in [9.17, 15) is 15.2 Å². The molecule has 1 heterocycles. The summed E-state index contributed by atoms with van der Waals surface area (Å²) >= 11 is 0. The van der Waals surface area contributed by atoms with Crippen molar-refractivity contribution in [1.82, 2.24) is 15.3 Å². The third-order valence-electron chi connectivity index (χ3n) is 4.60. The number of likely N-dealkylation sites (N-methyl/N-ethyl adjacent to an activating group) is 1. The van der Waals surface area contributed by atoms with Gasteiger partial charge in [0.05, 0.1) is 0 Å².